The molecule has 1 saturated heterocycles. The van der Waals surface area contributed by atoms with Gasteiger partial charge in [-0.15, -0.1) is 0 Å². The summed E-state index contributed by atoms with van der Waals surface area (Å²) >= 11 is 6.34. The molecule has 176 valence electrons. The number of amides is 1. The van der Waals surface area contributed by atoms with E-state index in [-0.39, 0.29) is 21.9 Å². The van der Waals surface area contributed by atoms with E-state index in [2.05, 4.69) is 0 Å². The average molecular weight is 484 g/mol. The number of benzene rings is 2. The van der Waals surface area contributed by atoms with Crippen LogP contribution in [0, 0.1) is 0 Å². The number of ether oxygens (including phenoxy) is 3. The number of carbonyl (C=O) groups excluding carboxylic acids is 2. The van der Waals surface area contributed by atoms with Crippen molar-refractivity contribution in [2.24, 2.45) is 0 Å². The Morgan fingerprint density at radius 1 is 1.09 bits per heavy atom. The first kappa shape index (κ1) is 23.3. The summed E-state index contributed by atoms with van der Waals surface area (Å²) in [6, 6.07) is 11.7. The molecule has 2 heterocycles. The number of ketones is 1. The van der Waals surface area contributed by atoms with Crippen molar-refractivity contribution >= 4 is 34.7 Å². The average Bonchev–Trinajstić information content (AvgIpc) is 3.46. The van der Waals surface area contributed by atoms with Crippen LogP contribution in [-0.2, 0) is 9.59 Å². The Morgan fingerprint density at radius 3 is 2.50 bits per heavy atom. The minimum atomic E-state index is -1.04. The molecule has 0 saturated carbocycles. The number of halogens is 1. The van der Waals surface area contributed by atoms with Crippen LogP contribution in [0.5, 0.6) is 17.2 Å². The molecule has 1 unspecified atom stereocenters. The summed E-state index contributed by atoms with van der Waals surface area (Å²) in [4.78, 5) is 27.7. The first-order valence-corrected chi connectivity index (χ1v) is 10.8. The second-order valence-corrected chi connectivity index (χ2v) is 7.71. The van der Waals surface area contributed by atoms with Crippen molar-refractivity contribution in [2.75, 3.05) is 25.7 Å². The van der Waals surface area contributed by atoms with E-state index in [9.17, 15) is 14.7 Å². The van der Waals surface area contributed by atoms with Gasteiger partial charge >= 0.3 is 0 Å². The molecule has 1 amide bonds. The molecule has 8 nitrogen and oxygen atoms in total. The second kappa shape index (κ2) is 9.52. The summed E-state index contributed by atoms with van der Waals surface area (Å²) in [6.45, 7) is 2.22. The van der Waals surface area contributed by atoms with Crippen LogP contribution in [0.1, 0.15) is 24.3 Å². The van der Waals surface area contributed by atoms with E-state index >= 15 is 0 Å². The summed E-state index contributed by atoms with van der Waals surface area (Å²) in [5, 5.41) is 11.4. The third-order valence-corrected chi connectivity index (χ3v) is 5.74. The van der Waals surface area contributed by atoms with E-state index in [1.165, 1.54) is 31.4 Å². The van der Waals surface area contributed by atoms with Gasteiger partial charge in [0.05, 0.1) is 37.7 Å². The number of aliphatic hydroxyl groups excluding tert-OH is 1. The van der Waals surface area contributed by atoms with Crippen molar-refractivity contribution in [3.8, 4) is 17.2 Å². The van der Waals surface area contributed by atoms with Gasteiger partial charge in [-0.1, -0.05) is 11.6 Å². The molecule has 34 heavy (non-hydrogen) atoms. The van der Waals surface area contributed by atoms with Gasteiger partial charge in [0.2, 0.25) is 0 Å². The lowest BCUT2D eigenvalue weighted by Gasteiger charge is -2.24. The van der Waals surface area contributed by atoms with Crippen molar-refractivity contribution in [1.29, 1.82) is 0 Å². The van der Waals surface area contributed by atoms with E-state index < -0.39 is 23.5 Å². The fourth-order valence-corrected chi connectivity index (χ4v) is 4.08. The smallest absolute Gasteiger partial charge is 0.300 e. The fraction of sp³-hybridized carbons (Fsp3) is 0.200. The maximum absolute atomic E-state index is 13.2. The van der Waals surface area contributed by atoms with E-state index in [0.717, 1.165) is 0 Å². The van der Waals surface area contributed by atoms with Crippen molar-refractivity contribution < 1.29 is 33.3 Å². The zero-order chi connectivity index (χ0) is 24.4. The number of anilines is 1. The van der Waals surface area contributed by atoms with Crippen LogP contribution in [-0.4, -0.2) is 37.6 Å². The predicted molar refractivity (Wildman–Crippen MR) is 126 cm³/mol. The zero-order valence-corrected chi connectivity index (χ0v) is 19.5. The summed E-state index contributed by atoms with van der Waals surface area (Å²) in [7, 11) is 2.96. The molecule has 4 rings (SSSR count). The lowest BCUT2D eigenvalue weighted by Crippen LogP contribution is -2.29. The largest absolute Gasteiger partial charge is 0.507 e. The Morgan fingerprint density at radius 2 is 1.85 bits per heavy atom. The Bertz CT molecular complexity index is 1270. The van der Waals surface area contributed by atoms with E-state index in [1.54, 1.807) is 42.5 Å². The van der Waals surface area contributed by atoms with Crippen molar-refractivity contribution in [2.45, 2.75) is 13.0 Å². The molecule has 0 bridgehead atoms. The summed E-state index contributed by atoms with van der Waals surface area (Å²) < 4.78 is 21.7. The van der Waals surface area contributed by atoms with Crippen molar-refractivity contribution in [3.05, 3.63) is 76.7 Å². The lowest BCUT2D eigenvalue weighted by atomic mass is 9.99. The molecule has 3 aromatic rings. The number of Topliss-reactive ketones (excluding diaryl/α,β-unsaturated/α-hetero) is 1. The SMILES string of the molecule is CCOc1ccc(Cl)c(/C(O)=C2/C(=O)C(=O)N(c3ccc(OC)c(OC)c3)C2c2ccco2)c1. The van der Waals surface area contributed by atoms with Crippen LogP contribution in [0.25, 0.3) is 5.76 Å². The Labute approximate surface area is 200 Å². The number of nitrogens with zero attached hydrogens (tertiary/aromatic N) is 1. The van der Waals surface area contributed by atoms with E-state index in [4.69, 9.17) is 30.2 Å². The number of methoxy groups -OCH3 is 2. The molecule has 0 radical (unpaired) electrons. The highest BCUT2D eigenvalue weighted by molar-refractivity contribution is 6.52. The van der Waals surface area contributed by atoms with Gasteiger partial charge in [-0.25, -0.2) is 0 Å². The molecule has 9 heteroatoms. The Kier molecular flexibility index (Phi) is 6.51. The molecule has 0 aliphatic carbocycles. The van der Waals surface area contributed by atoms with Crippen LogP contribution in [0.4, 0.5) is 5.69 Å². The number of carbonyl (C=O) groups is 2. The highest BCUT2D eigenvalue weighted by atomic mass is 35.5. The number of furan rings is 1. The maximum atomic E-state index is 13.2. The predicted octanol–water partition coefficient (Wildman–Crippen LogP) is 4.98. The summed E-state index contributed by atoms with van der Waals surface area (Å²) in [6.07, 6.45) is 1.42. The lowest BCUT2D eigenvalue weighted by molar-refractivity contribution is -0.132. The van der Waals surface area contributed by atoms with Crippen molar-refractivity contribution in [3.63, 3.8) is 0 Å². The summed E-state index contributed by atoms with van der Waals surface area (Å²) in [5.74, 6) is -0.595. The molecule has 1 atom stereocenters. The molecule has 0 spiro atoms. The van der Waals surface area contributed by atoms with Gasteiger partial charge in [0.25, 0.3) is 11.7 Å². The van der Waals surface area contributed by atoms with E-state index in [1.807, 2.05) is 6.92 Å². The van der Waals surface area contributed by atoms with Crippen molar-refractivity contribution in [1.82, 2.24) is 0 Å². The van der Waals surface area contributed by atoms with Crippen LogP contribution in [0.2, 0.25) is 5.02 Å². The number of aliphatic hydroxyl groups is 1. The third kappa shape index (κ3) is 3.97. The standard InChI is InChI=1S/C25H22ClNO7/c1-4-33-15-8-9-17(26)16(13-15)23(28)21-22(19-6-5-11-34-19)27(25(30)24(21)29)14-7-10-18(31-2)20(12-14)32-3/h5-13,22,28H,4H2,1-3H3/b23-21-. The molecular formula is C25H22ClNO7. The normalized spacial score (nSPS) is 17.2. The maximum Gasteiger partial charge on any atom is 0.300 e. The number of hydrogen-bond acceptors (Lipinski definition) is 7. The molecule has 1 aliphatic rings. The zero-order valence-electron chi connectivity index (χ0n) is 18.7. The molecular weight excluding hydrogens is 462 g/mol. The highest BCUT2D eigenvalue weighted by Crippen LogP contribution is 2.45. The van der Waals surface area contributed by atoms with Gasteiger partial charge in [-0.3, -0.25) is 14.5 Å². The van der Waals surface area contributed by atoms with Gasteiger partial charge < -0.3 is 23.7 Å². The minimum Gasteiger partial charge on any atom is -0.507 e. The summed E-state index contributed by atoms with van der Waals surface area (Å²) in [5.41, 5.74) is 0.356. The van der Waals surface area contributed by atoms with Gasteiger partial charge in [0.15, 0.2) is 11.5 Å². The number of hydrogen-bond donors (Lipinski definition) is 1. The molecule has 1 fully saturated rings. The molecule has 2 aromatic carbocycles. The van der Waals surface area contributed by atoms with Gasteiger partial charge in [0.1, 0.15) is 23.3 Å². The first-order chi connectivity index (χ1) is 16.4. The number of rotatable bonds is 7. The monoisotopic (exact) mass is 483 g/mol. The van der Waals surface area contributed by atoms with E-state index in [0.29, 0.717) is 29.5 Å². The van der Waals surface area contributed by atoms with Crippen LogP contribution < -0.4 is 19.1 Å². The Hall–Kier alpha value is -3.91. The van der Waals surface area contributed by atoms with Gasteiger partial charge in [-0.2, -0.15) is 0 Å². The van der Waals surface area contributed by atoms with Crippen LogP contribution in [0.3, 0.4) is 0 Å². The minimum absolute atomic E-state index is 0.162. The van der Waals surface area contributed by atoms with Crippen LogP contribution >= 0.6 is 11.6 Å². The molecule has 1 aromatic heterocycles. The van der Waals surface area contributed by atoms with Gasteiger partial charge in [-0.05, 0) is 49.4 Å². The second-order valence-electron chi connectivity index (χ2n) is 7.30. The quantitative estimate of drug-likeness (QED) is 0.287. The van der Waals surface area contributed by atoms with Gasteiger partial charge in [0, 0.05) is 17.3 Å². The third-order valence-electron chi connectivity index (χ3n) is 5.41. The Balaban J connectivity index is 1.92. The topological polar surface area (TPSA) is 98.4 Å². The molecule has 1 aliphatic heterocycles. The van der Waals surface area contributed by atoms with Crippen LogP contribution in [0.15, 0.2) is 64.8 Å². The molecule has 1 N–H and O–H groups in total. The first-order valence-electron chi connectivity index (χ1n) is 10.4. The fourth-order valence-electron chi connectivity index (χ4n) is 3.88. The highest BCUT2D eigenvalue weighted by Gasteiger charge is 2.48.